The molecule has 1 saturated heterocycles. The van der Waals surface area contributed by atoms with Gasteiger partial charge in [0.1, 0.15) is 9.84 Å². The van der Waals surface area contributed by atoms with E-state index in [1.807, 2.05) is 0 Å². The van der Waals surface area contributed by atoms with Crippen molar-refractivity contribution in [3.05, 3.63) is 30.7 Å². The molecule has 0 radical (unpaired) electrons. The Morgan fingerprint density at radius 3 is 2.31 bits per heavy atom. The van der Waals surface area contributed by atoms with Crippen LogP contribution >= 0.6 is 0 Å². The first-order valence-electron chi connectivity index (χ1n) is 15.4. The van der Waals surface area contributed by atoms with Crippen molar-refractivity contribution in [2.24, 2.45) is 34.0 Å². The molecule has 0 bridgehead atoms. The smallest absolute Gasteiger partial charge is 0.150 e. The summed E-state index contributed by atoms with van der Waals surface area (Å²) in [6, 6.07) is 0. The van der Waals surface area contributed by atoms with Gasteiger partial charge in [0.25, 0.3) is 0 Å². The third-order valence-electron chi connectivity index (χ3n) is 12.4. The van der Waals surface area contributed by atoms with E-state index in [9.17, 15) is 8.42 Å². The molecule has 4 rings (SSSR count). The minimum absolute atomic E-state index is 0. The van der Waals surface area contributed by atoms with Crippen molar-refractivity contribution in [1.29, 1.82) is 0 Å². The molecule has 3 saturated carbocycles. The van der Waals surface area contributed by atoms with Gasteiger partial charge in [0.2, 0.25) is 0 Å². The minimum Gasteiger partial charge on any atom is -0.310 e. The average Bonchev–Trinajstić information content (AvgIpc) is 3.19. The molecule has 222 valence electrons. The summed E-state index contributed by atoms with van der Waals surface area (Å²) in [6.45, 7) is 27.3. The SMILES string of the molecule is C=CCC(C)(C)[C-]1CC[C@@H]2[C@H]3[C@H](C(=C)C)CC[C@]3(NCCN3CCC(S(C)(=O)=O)CC3)CC[C@@]2(C)C1(C)C.[U]. The van der Waals surface area contributed by atoms with Crippen LogP contribution in [0.15, 0.2) is 24.8 Å². The number of likely N-dealkylation sites (tertiary alicyclic amines) is 1. The van der Waals surface area contributed by atoms with Crippen molar-refractivity contribution in [3.63, 3.8) is 0 Å². The van der Waals surface area contributed by atoms with Gasteiger partial charge in [0, 0.05) is 56.0 Å². The number of sulfone groups is 1. The molecule has 3 aliphatic carbocycles. The summed E-state index contributed by atoms with van der Waals surface area (Å²) in [5.74, 6) is 3.72. The molecule has 0 aromatic rings. The van der Waals surface area contributed by atoms with Crippen LogP contribution in [0.3, 0.4) is 0 Å². The molecule has 4 fully saturated rings. The second-order valence-corrected chi connectivity index (χ2v) is 17.3. The fourth-order valence-corrected chi connectivity index (χ4v) is 11.0. The van der Waals surface area contributed by atoms with E-state index >= 15 is 0 Å². The maximum absolute atomic E-state index is 12.0. The molecular weight excluding hydrogens is 726 g/mol. The van der Waals surface area contributed by atoms with E-state index in [1.54, 1.807) is 5.92 Å². The Bertz CT molecular complexity index is 999. The van der Waals surface area contributed by atoms with Gasteiger partial charge in [-0.15, -0.1) is 6.58 Å². The Hall–Kier alpha value is 0.402. The van der Waals surface area contributed by atoms with E-state index in [-0.39, 0.29) is 52.7 Å². The third-order valence-corrected chi connectivity index (χ3v) is 14.0. The first-order chi connectivity index (χ1) is 17.6. The van der Waals surface area contributed by atoms with E-state index in [4.69, 9.17) is 0 Å². The van der Waals surface area contributed by atoms with Crippen molar-refractivity contribution in [2.75, 3.05) is 32.4 Å². The number of hydrogen-bond donors (Lipinski definition) is 1. The van der Waals surface area contributed by atoms with Crippen LogP contribution in [0.1, 0.15) is 99.3 Å². The fraction of sp³-hybridized carbons (Fsp3) is 0.848. The van der Waals surface area contributed by atoms with Crippen LogP contribution in [0.25, 0.3) is 0 Å². The zero-order chi connectivity index (χ0) is 28.1. The maximum Gasteiger partial charge on any atom is 0.150 e. The topological polar surface area (TPSA) is 49.4 Å². The second kappa shape index (κ2) is 12.2. The Morgan fingerprint density at radius 2 is 1.74 bits per heavy atom. The molecular formula is C33H57N2O2SU-. The van der Waals surface area contributed by atoms with Crippen molar-refractivity contribution >= 4 is 9.84 Å². The van der Waals surface area contributed by atoms with Gasteiger partial charge in [-0.2, -0.15) is 17.3 Å². The van der Waals surface area contributed by atoms with Crippen molar-refractivity contribution in [1.82, 2.24) is 10.2 Å². The summed E-state index contributed by atoms with van der Waals surface area (Å²) in [6.07, 6.45) is 13.7. The van der Waals surface area contributed by atoms with Crippen LogP contribution in [0.4, 0.5) is 0 Å². The van der Waals surface area contributed by atoms with Crippen LogP contribution in [0, 0.1) is 71.0 Å². The number of rotatable bonds is 9. The fourth-order valence-electron chi connectivity index (χ4n) is 9.94. The van der Waals surface area contributed by atoms with Crippen LogP contribution in [0.2, 0.25) is 0 Å². The van der Waals surface area contributed by atoms with Gasteiger partial charge >= 0.3 is 0 Å². The molecule has 4 nitrogen and oxygen atoms in total. The van der Waals surface area contributed by atoms with Gasteiger partial charge in [0.15, 0.2) is 0 Å². The zero-order valence-electron chi connectivity index (χ0n) is 26.2. The molecule has 4 aliphatic rings. The second-order valence-electron chi connectivity index (χ2n) is 15.0. The van der Waals surface area contributed by atoms with Gasteiger partial charge in [-0.1, -0.05) is 71.1 Å². The molecule has 1 heterocycles. The molecule has 39 heavy (non-hydrogen) atoms. The molecule has 1 N–H and O–H groups in total. The van der Waals surface area contributed by atoms with Gasteiger partial charge < -0.3 is 16.1 Å². The molecule has 0 spiro atoms. The molecule has 0 aromatic carbocycles. The Labute approximate surface area is 265 Å². The summed E-state index contributed by atoms with van der Waals surface area (Å²) < 4.78 is 23.9. The first kappa shape index (κ1) is 33.9. The summed E-state index contributed by atoms with van der Waals surface area (Å²) in [4.78, 5) is 2.48. The standard InChI is InChI=1S/C33H57N2O2S.U/c1-10-16-30(4,5)28-12-11-27-29-26(24(2)3)13-17-33(29,19-18-32(27,8)31(28,6)7)34-20-23-35-21-14-25(15-22-35)38(9,36)37;/h10,25-27,29,34H,1-2,11-23H2,3-9H3;/q-1;/t26-,27+,29+,32+,33-;/m0./s1. The number of hydrogen-bond acceptors (Lipinski definition) is 4. The van der Waals surface area contributed by atoms with E-state index in [0.717, 1.165) is 45.4 Å². The predicted molar refractivity (Wildman–Crippen MR) is 162 cm³/mol. The summed E-state index contributed by atoms with van der Waals surface area (Å²) in [7, 11) is -2.91. The largest absolute Gasteiger partial charge is 0.310 e. The zero-order valence-corrected chi connectivity index (χ0v) is 31.1. The van der Waals surface area contributed by atoms with Gasteiger partial charge in [-0.3, -0.25) is 0 Å². The average molecular weight is 784 g/mol. The summed E-state index contributed by atoms with van der Waals surface area (Å²) in [5.41, 5.74) is 2.27. The molecule has 0 amide bonds. The van der Waals surface area contributed by atoms with Crippen LogP contribution in [-0.4, -0.2) is 56.5 Å². The molecule has 1 aliphatic heterocycles. The van der Waals surface area contributed by atoms with E-state index in [2.05, 4.69) is 71.0 Å². The third kappa shape index (κ3) is 6.23. The maximum atomic E-state index is 12.0. The number of fused-ring (bicyclic) bond motifs is 3. The molecule has 6 heteroatoms. The number of allylic oxidation sites excluding steroid dienone is 2. The monoisotopic (exact) mass is 783 g/mol. The van der Waals surface area contributed by atoms with E-state index in [0.29, 0.717) is 23.2 Å². The molecule has 0 unspecified atom stereocenters. The quantitative estimate of drug-likeness (QED) is 0.206. The van der Waals surface area contributed by atoms with Crippen molar-refractivity contribution in [3.8, 4) is 0 Å². The van der Waals surface area contributed by atoms with Crippen LogP contribution in [-0.2, 0) is 9.84 Å². The molecule has 0 aromatic heterocycles. The number of nitrogens with zero attached hydrogens (tertiary/aromatic N) is 1. The predicted octanol–water partition coefficient (Wildman–Crippen LogP) is 6.84. The Morgan fingerprint density at radius 1 is 1.10 bits per heavy atom. The minimum atomic E-state index is -2.91. The molecule has 5 atom stereocenters. The van der Waals surface area contributed by atoms with Gasteiger partial charge in [0.05, 0.1) is 5.25 Å². The van der Waals surface area contributed by atoms with Crippen LogP contribution in [0.5, 0.6) is 0 Å². The normalized spacial score (nSPS) is 36.0. The number of nitrogens with one attached hydrogen (secondary N) is 1. The van der Waals surface area contributed by atoms with Crippen molar-refractivity contribution in [2.45, 2.75) is 110 Å². The van der Waals surface area contributed by atoms with Crippen LogP contribution < -0.4 is 5.32 Å². The summed E-state index contributed by atoms with van der Waals surface area (Å²) in [5, 5.41) is 4.04. The first-order valence-corrected chi connectivity index (χ1v) is 17.3. The Kier molecular flexibility index (Phi) is 10.6. The summed E-state index contributed by atoms with van der Waals surface area (Å²) >= 11 is 0. The van der Waals surface area contributed by atoms with E-state index in [1.165, 1.54) is 50.4 Å². The van der Waals surface area contributed by atoms with Gasteiger partial charge in [-0.05, 0) is 76.3 Å². The Balaban J connectivity index is 0.00000420. The van der Waals surface area contributed by atoms with Gasteiger partial charge in [-0.25, -0.2) is 8.42 Å². The van der Waals surface area contributed by atoms with E-state index < -0.39 is 9.84 Å². The van der Waals surface area contributed by atoms with Crippen molar-refractivity contribution < 1.29 is 39.5 Å². The number of piperidine rings is 1.